The molecule has 0 unspecified atom stereocenters. The lowest BCUT2D eigenvalue weighted by Crippen LogP contribution is -2.53. The lowest BCUT2D eigenvalue weighted by Gasteiger charge is -2.32. The van der Waals surface area contributed by atoms with Crippen molar-refractivity contribution in [2.45, 2.75) is 57.7 Å². The lowest BCUT2D eigenvalue weighted by atomic mass is 10.0. The molecule has 3 aromatic carbocycles. The van der Waals surface area contributed by atoms with Gasteiger partial charge in [-0.3, -0.25) is 9.59 Å². The summed E-state index contributed by atoms with van der Waals surface area (Å²) in [7, 11) is 0. The molecule has 0 aliphatic heterocycles. The monoisotopic (exact) mass is 582 g/mol. The summed E-state index contributed by atoms with van der Waals surface area (Å²) in [6, 6.07) is 22.5. The molecule has 0 aromatic heterocycles. The van der Waals surface area contributed by atoms with Crippen LogP contribution in [0.1, 0.15) is 42.4 Å². The zero-order chi connectivity index (χ0) is 26.2. The van der Waals surface area contributed by atoms with Crippen LogP contribution >= 0.6 is 27.5 Å². The molecule has 1 aliphatic rings. The maximum atomic E-state index is 13.7. The number of halogens is 2. The van der Waals surface area contributed by atoms with Crippen molar-refractivity contribution >= 4 is 39.3 Å². The van der Waals surface area contributed by atoms with E-state index in [4.69, 9.17) is 16.3 Å². The van der Waals surface area contributed by atoms with Crippen molar-refractivity contribution in [3.63, 3.8) is 0 Å². The number of hydrogen-bond donors (Lipinski definition) is 1. The molecule has 4 rings (SSSR count). The van der Waals surface area contributed by atoms with E-state index in [9.17, 15) is 9.59 Å². The summed E-state index contributed by atoms with van der Waals surface area (Å²) in [5, 5.41) is 3.79. The van der Waals surface area contributed by atoms with E-state index in [0.717, 1.165) is 42.4 Å². The number of hydrogen-bond acceptors (Lipinski definition) is 3. The van der Waals surface area contributed by atoms with Crippen LogP contribution in [0.2, 0.25) is 5.02 Å². The largest absolute Gasteiger partial charge is 0.483 e. The van der Waals surface area contributed by atoms with Gasteiger partial charge in [-0.1, -0.05) is 84.6 Å². The Balaban J connectivity index is 1.62. The fourth-order valence-electron chi connectivity index (χ4n) is 4.74. The number of benzene rings is 3. The molecule has 194 valence electrons. The van der Waals surface area contributed by atoms with Crippen LogP contribution in [-0.2, 0) is 22.6 Å². The van der Waals surface area contributed by atoms with Crippen LogP contribution in [-0.4, -0.2) is 35.4 Å². The minimum Gasteiger partial charge on any atom is -0.483 e. The highest BCUT2D eigenvalue weighted by molar-refractivity contribution is 9.10. The number of nitrogens with one attached hydrogen (secondary N) is 1. The summed E-state index contributed by atoms with van der Waals surface area (Å²) in [6.45, 7) is 2.13. The Labute approximate surface area is 232 Å². The minimum atomic E-state index is -0.673. The van der Waals surface area contributed by atoms with Gasteiger partial charge in [0.1, 0.15) is 11.8 Å². The molecule has 2 amide bonds. The van der Waals surface area contributed by atoms with Crippen LogP contribution < -0.4 is 10.1 Å². The molecule has 37 heavy (non-hydrogen) atoms. The summed E-state index contributed by atoms with van der Waals surface area (Å²) in [5.41, 5.74) is 3.06. The van der Waals surface area contributed by atoms with Gasteiger partial charge in [0.2, 0.25) is 5.91 Å². The van der Waals surface area contributed by atoms with E-state index in [0.29, 0.717) is 28.2 Å². The number of amides is 2. The van der Waals surface area contributed by atoms with E-state index in [1.807, 2.05) is 61.5 Å². The average Bonchev–Trinajstić information content (AvgIpc) is 3.39. The normalized spacial score (nSPS) is 14.2. The van der Waals surface area contributed by atoms with Gasteiger partial charge in [0, 0.05) is 24.0 Å². The van der Waals surface area contributed by atoms with Crippen molar-refractivity contribution in [1.29, 1.82) is 0 Å². The molecule has 7 heteroatoms. The SMILES string of the molecule is Cc1cccc(CN(C(=O)COc2ccc(Cl)cc2Br)[C@@H](Cc2ccccc2)C(=O)NC2CCCC2)c1. The van der Waals surface area contributed by atoms with Gasteiger partial charge in [-0.05, 0) is 65.0 Å². The summed E-state index contributed by atoms with van der Waals surface area (Å²) in [6.07, 6.45) is 4.60. The molecular weight excluding hydrogens is 552 g/mol. The number of ether oxygens (including phenoxy) is 1. The van der Waals surface area contributed by atoms with E-state index in [1.165, 1.54) is 0 Å². The van der Waals surface area contributed by atoms with Gasteiger partial charge in [0.15, 0.2) is 6.61 Å². The first-order chi connectivity index (χ1) is 17.9. The Morgan fingerprint density at radius 1 is 1.03 bits per heavy atom. The topological polar surface area (TPSA) is 58.6 Å². The highest BCUT2D eigenvalue weighted by Gasteiger charge is 2.32. The number of nitrogens with zero attached hydrogens (tertiary/aromatic N) is 1. The van der Waals surface area contributed by atoms with Crippen LogP contribution in [0.3, 0.4) is 0 Å². The molecular formula is C30H32BrClN2O3. The zero-order valence-electron chi connectivity index (χ0n) is 21.0. The second kappa shape index (κ2) is 13.1. The minimum absolute atomic E-state index is 0.121. The first kappa shape index (κ1) is 27.2. The van der Waals surface area contributed by atoms with Crippen molar-refractivity contribution in [1.82, 2.24) is 10.2 Å². The van der Waals surface area contributed by atoms with Crippen molar-refractivity contribution in [2.24, 2.45) is 0 Å². The van der Waals surface area contributed by atoms with E-state index < -0.39 is 6.04 Å². The zero-order valence-corrected chi connectivity index (χ0v) is 23.3. The molecule has 0 spiro atoms. The average molecular weight is 584 g/mol. The van der Waals surface area contributed by atoms with Gasteiger partial charge in [0.05, 0.1) is 4.47 Å². The lowest BCUT2D eigenvalue weighted by molar-refractivity contribution is -0.143. The standard InChI is InChI=1S/C30H32BrClN2O3/c1-21-8-7-11-23(16-21)19-34(29(35)20-37-28-15-14-24(32)18-26(28)31)27(17-22-9-3-2-4-10-22)30(36)33-25-12-5-6-13-25/h2-4,7-11,14-16,18,25,27H,5-6,12-13,17,19-20H2,1H3,(H,33,36)/t27-/m0/s1. The third-order valence-corrected chi connectivity index (χ3v) is 7.51. The van der Waals surface area contributed by atoms with Crippen molar-refractivity contribution in [3.05, 3.63) is 99.0 Å². The number of carbonyl (C=O) groups excluding carboxylic acids is 2. The van der Waals surface area contributed by atoms with Crippen LogP contribution in [0.15, 0.2) is 77.3 Å². The predicted molar refractivity (Wildman–Crippen MR) is 151 cm³/mol. The molecule has 3 aromatic rings. The molecule has 5 nitrogen and oxygen atoms in total. The van der Waals surface area contributed by atoms with Crippen molar-refractivity contribution in [3.8, 4) is 5.75 Å². The van der Waals surface area contributed by atoms with Gasteiger partial charge in [-0.2, -0.15) is 0 Å². The molecule has 1 fully saturated rings. The molecule has 1 N–H and O–H groups in total. The Kier molecular flexibility index (Phi) is 9.64. The summed E-state index contributed by atoms with van der Waals surface area (Å²) in [5.74, 6) is 0.138. The van der Waals surface area contributed by atoms with E-state index in [2.05, 4.69) is 21.2 Å². The van der Waals surface area contributed by atoms with Crippen LogP contribution in [0, 0.1) is 6.92 Å². The third-order valence-electron chi connectivity index (χ3n) is 6.65. The highest BCUT2D eigenvalue weighted by atomic mass is 79.9. The van der Waals surface area contributed by atoms with E-state index >= 15 is 0 Å². The van der Waals surface area contributed by atoms with Crippen molar-refractivity contribution < 1.29 is 14.3 Å². The number of carbonyl (C=O) groups is 2. The summed E-state index contributed by atoms with van der Waals surface area (Å²) in [4.78, 5) is 29.1. The molecule has 0 bridgehead atoms. The predicted octanol–water partition coefficient (Wildman–Crippen LogP) is 6.49. The van der Waals surface area contributed by atoms with Gasteiger partial charge in [0.25, 0.3) is 5.91 Å². The summed E-state index contributed by atoms with van der Waals surface area (Å²) < 4.78 is 6.55. The van der Waals surface area contributed by atoms with Gasteiger partial charge in [-0.25, -0.2) is 0 Å². The fourth-order valence-corrected chi connectivity index (χ4v) is 5.54. The molecule has 1 atom stereocenters. The second-order valence-electron chi connectivity index (χ2n) is 9.57. The van der Waals surface area contributed by atoms with Gasteiger partial charge < -0.3 is 15.0 Å². The van der Waals surface area contributed by atoms with Gasteiger partial charge >= 0.3 is 0 Å². The molecule has 0 saturated heterocycles. The van der Waals surface area contributed by atoms with Crippen molar-refractivity contribution in [2.75, 3.05) is 6.61 Å². The molecule has 1 aliphatic carbocycles. The maximum Gasteiger partial charge on any atom is 0.261 e. The first-order valence-corrected chi connectivity index (χ1v) is 13.8. The second-order valence-corrected chi connectivity index (χ2v) is 10.9. The van der Waals surface area contributed by atoms with Crippen LogP contribution in [0.4, 0.5) is 0 Å². The van der Waals surface area contributed by atoms with Gasteiger partial charge in [-0.15, -0.1) is 0 Å². The Morgan fingerprint density at radius 3 is 2.46 bits per heavy atom. The molecule has 0 radical (unpaired) electrons. The Bertz CT molecular complexity index is 1210. The number of aryl methyl sites for hydroxylation is 1. The third kappa shape index (κ3) is 7.83. The smallest absolute Gasteiger partial charge is 0.261 e. The molecule has 0 heterocycles. The van der Waals surface area contributed by atoms with Crippen LogP contribution in [0.25, 0.3) is 0 Å². The van der Waals surface area contributed by atoms with E-state index in [-0.39, 0.29) is 24.5 Å². The highest BCUT2D eigenvalue weighted by Crippen LogP contribution is 2.28. The molecule has 1 saturated carbocycles. The summed E-state index contributed by atoms with van der Waals surface area (Å²) >= 11 is 9.49. The fraction of sp³-hybridized carbons (Fsp3) is 0.333. The Hall–Kier alpha value is -2.83. The quantitative estimate of drug-likeness (QED) is 0.297. The van der Waals surface area contributed by atoms with E-state index in [1.54, 1.807) is 23.1 Å². The first-order valence-electron chi connectivity index (χ1n) is 12.7. The number of rotatable bonds is 10. The maximum absolute atomic E-state index is 13.7. The van der Waals surface area contributed by atoms with Crippen LogP contribution in [0.5, 0.6) is 5.75 Å². The Morgan fingerprint density at radius 2 is 1.76 bits per heavy atom.